The van der Waals surface area contributed by atoms with Gasteiger partial charge < -0.3 is 16.4 Å². The van der Waals surface area contributed by atoms with Gasteiger partial charge in [0.15, 0.2) is 5.96 Å². The molecular weight excluding hydrogens is 340 g/mol. The molecule has 0 bridgehead atoms. The van der Waals surface area contributed by atoms with Gasteiger partial charge in [-0.25, -0.2) is 0 Å². The predicted octanol–water partition coefficient (Wildman–Crippen LogP) is 4.62. The summed E-state index contributed by atoms with van der Waals surface area (Å²) >= 11 is 1.76. The van der Waals surface area contributed by atoms with E-state index < -0.39 is 0 Å². The second-order valence-electron chi connectivity index (χ2n) is 7.72. The summed E-state index contributed by atoms with van der Waals surface area (Å²) in [7, 11) is 0. The van der Waals surface area contributed by atoms with Gasteiger partial charge in [-0.15, -0.1) is 11.8 Å². The van der Waals surface area contributed by atoms with Crippen LogP contribution in [0.5, 0.6) is 0 Å². The molecule has 0 unspecified atom stereocenters. The summed E-state index contributed by atoms with van der Waals surface area (Å²) in [6.07, 6.45) is 13.6. The van der Waals surface area contributed by atoms with Gasteiger partial charge >= 0.3 is 0 Å². The number of benzene rings is 1. The molecule has 2 atom stereocenters. The summed E-state index contributed by atoms with van der Waals surface area (Å²) in [5, 5.41) is 7.22. The average molecular weight is 375 g/mol. The van der Waals surface area contributed by atoms with Crippen LogP contribution in [0.25, 0.3) is 0 Å². The van der Waals surface area contributed by atoms with Gasteiger partial charge in [-0.3, -0.25) is 4.99 Å². The third kappa shape index (κ3) is 5.65. The molecule has 144 valence electrons. The Morgan fingerprint density at radius 2 is 1.81 bits per heavy atom. The Hall–Kier alpha value is -1.20. The molecular formula is C21H34N4S. The summed E-state index contributed by atoms with van der Waals surface area (Å²) in [5.41, 5.74) is 7.49. The fraction of sp³-hybridized carbons (Fsp3) is 0.667. The third-order valence-corrected chi connectivity index (χ3v) is 6.53. The molecule has 0 heterocycles. The number of nitrogens with zero attached hydrogens (tertiary/aromatic N) is 1. The molecule has 0 aliphatic heterocycles. The van der Waals surface area contributed by atoms with Crippen LogP contribution in [-0.4, -0.2) is 30.8 Å². The smallest absolute Gasteiger partial charge is 0.196 e. The highest BCUT2D eigenvalue weighted by Crippen LogP contribution is 2.26. The monoisotopic (exact) mass is 374 g/mol. The lowest BCUT2D eigenvalue weighted by molar-refractivity contribution is 0.356. The summed E-state index contributed by atoms with van der Waals surface area (Å²) < 4.78 is 0. The van der Waals surface area contributed by atoms with E-state index in [1.807, 2.05) is 0 Å². The zero-order chi connectivity index (χ0) is 18.2. The van der Waals surface area contributed by atoms with Crippen molar-refractivity contribution in [1.29, 1.82) is 0 Å². The molecule has 2 fully saturated rings. The van der Waals surface area contributed by atoms with Gasteiger partial charge in [0.25, 0.3) is 0 Å². The molecule has 0 spiro atoms. The summed E-state index contributed by atoms with van der Waals surface area (Å²) in [4.78, 5) is 6.22. The molecule has 4 nitrogen and oxygen atoms in total. The zero-order valence-electron chi connectivity index (χ0n) is 16.0. The third-order valence-electron chi connectivity index (χ3n) is 5.73. The van der Waals surface area contributed by atoms with Gasteiger partial charge in [-0.2, -0.15) is 0 Å². The van der Waals surface area contributed by atoms with Gasteiger partial charge in [0.1, 0.15) is 0 Å². The molecule has 2 saturated carbocycles. The first kappa shape index (κ1) is 19.6. The van der Waals surface area contributed by atoms with Gasteiger partial charge in [0.2, 0.25) is 0 Å². The van der Waals surface area contributed by atoms with E-state index >= 15 is 0 Å². The first-order valence-corrected chi connectivity index (χ1v) is 11.5. The number of guanidine groups is 1. The van der Waals surface area contributed by atoms with Crippen LogP contribution in [0.2, 0.25) is 0 Å². The second-order valence-corrected chi connectivity index (χ2v) is 8.57. The molecule has 1 aromatic rings. The Morgan fingerprint density at radius 1 is 1.08 bits per heavy atom. The van der Waals surface area contributed by atoms with Gasteiger partial charge in [0.05, 0.1) is 5.69 Å². The number of thioether (sulfide) groups is 1. The minimum Gasteiger partial charge on any atom is -0.352 e. The highest BCUT2D eigenvalue weighted by molar-refractivity contribution is 7.98. The Morgan fingerprint density at radius 3 is 2.58 bits per heavy atom. The number of hydrogen-bond donors (Lipinski definition) is 3. The van der Waals surface area contributed by atoms with Crippen molar-refractivity contribution >= 4 is 23.4 Å². The van der Waals surface area contributed by atoms with Gasteiger partial charge in [-0.1, -0.05) is 44.2 Å². The van der Waals surface area contributed by atoms with E-state index in [1.165, 1.54) is 49.8 Å². The van der Waals surface area contributed by atoms with Crippen molar-refractivity contribution < 1.29 is 0 Å². The van der Waals surface area contributed by atoms with Crippen molar-refractivity contribution in [2.24, 2.45) is 16.6 Å². The van der Waals surface area contributed by atoms with E-state index in [9.17, 15) is 0 Å². The Kier molecular flexibility index (Phi) is 7.69. The van der Waals surface area contributed by atoms with Crippen LogP contribution in [0.15, 0.2) is 34.2 Å². The maximum atomic E-state index is 6.37. The first-order valence-electron chi connectivity index (χ1n) is 10.2. The number of rotatable bonds is 5. The van der Waals surface area contributed by atoms with E-state index in [1.54, 1.807) is 11.8 Å². The second kappa shape index (κ2) is 10.2. The minimum absolute atomic E-state index is 0.223. The topological polar surface area (TPSA) is 62.4 Å². The molecule has 1 aromatic carbocycles. The molecule has 2 aliphatic rings. The largest absolute Gasteiger partial charge is 0.352 e. The molecule has 4 N–H and O–H groups in total. The van der Waals surface area contributed by atoms with Crippen molar-refractivity contribution in [2.45, 2.75) is 74.8 Å². The van der Waals surface area contributed by atoms with E-state index in [4.69, 9.17) is 10.7 Å². The maximum Gasteiger partial charge on any atom is 0.196 e. The van der Waals surface area contributed by atoms with Gasteiger partial charge in [-0.05, 0) is 50.0 Å². The summed E-state index contributed by atoms with van der Waals surface area (Å²) in [6, 6.07) is 8.99. The summed E-state index contributed by atoms with van der Waals surface area (Å²) in [6.45, 7) is 0.915. The molecule has 0 aromatic heterocycles. The van der Waals surface area contributed by atoms with Crippen molar-refractivity contribution in [1.82, 2.24) is 5.32 Å². The lowest BCUT2D eigenvalue weighted by atomic mass is 9.89. The number of hydrogen-bond acceptors (Lipinski definition) is 3. The molecule has 2 aliphatic carbocycles. The molecule has 26 heavy (non-hydrogen) atoms. The van der Waals surface area contributed by atoms with Crippen LogP contribution in [0.3, 0.4) is 0 Å². The predicted molar refractivity (Wildman–Crippen MR) is 114 cm³/mol. The number of aliphatic imine (C=N–C) groups is 1. The number of nitrogens with two attached hydrogens (primary N) is 1. The highest BCUT2D eigenvalue weighted by atomic mass is 32.2. The Labute approximate surface area is 162 Å². The SMILES string of the molecule is CSc1ccccc1NC(=NCC1CCCCC1)N[C@H]1CCCC[C@@H]1N. The normalized spacial score (nSPS) is 25.1. The van der Waals surface area contributed by atoms with Crippen LogP contribution in [0.1, 0.15) is 57.8 Å². The van der Waals surface area contributed by atoms with Crippen molar-refractivity contribution in [3.63, 3.8) is 0 Å². The highest BCUT2D eigenvalue weighted by Gasteiger charge is 2.23. The van der Waals surface area contributed by atoms with Crippen LogP contribution < -0.4 is 16.4 Å². The summed E-state index contributed by atoms with van der Waals surface area (Å²) in [5.74, 6) is 1.64. The van der Waals surface area contributed by atoms with E-state index in [0.717, 1.165) is 37.0 Å². The Bertz CT molecular complexity index is 583. The molecule has 0 amide bonds. The average Bonchev–Trinajstić information content (AvgIpc) is 2.69. The number of nitrogens with one attached hydrogen (secondary N) is 2. The Balaban J connectivity index is 1.71. The molecule has 0 saturated heterocycles. The van der Waals surface area contributed by atoms with E-state index in [-0.39, 0.29) is 6.04 Å². The quantitative estimate of drug-likeness (QED) is 0.400. The van der Waals surface area contributed by atoms with Crippen LogP contribution in [0, 0.1) is 5.92 Å². The van der Waals surface area contributed by atoms with Crippen molar-refractivity contribution in [3.8, 4) is 0 Å². The van der Waals surface area contributed by atoms with E-state index in [2.05, 4.69) is 41.2 Å². The lowest BCUT2D eigenvalue weighted by Gasteiger charge is -2.31. The fourth-order valence-electron chi connectivity index (χ4n) is 4.10. The fourth-order valence-corrected chi connectivity index (χ4v) is 4.65. The molecule has 5 heteroatoms. The molecule has 3 rings (SSSR count). The van der Waals surface area contributed by atoms with Crippen molar-refractivity contribution in [2.75, 3.05) is 18.1 Å². The number of anilines is 1. The lowest BCUT2D eigenvalue weighted by Crippen LogP contribution is -2.51. The van der Waals surface area contributed by atoms with Gasteiger partial charge in [0, 0.05) is 23.5 Å². The maximum absolute atomic E-state index is 6.37. The molecule has 0 radical (unpaired) electrons. The minimum atomic E-state index is 0.223. The van der Waals surface area contributed by atoms with Crippen molar-refractivity contribution in [3.05, 3.63) is 24.3 Å². The van der Waals surface area contributed by atoms with Crippen LogP contribution >= 0.6 is 11.8 Å². The standard InChI is InChI=1S/C21H34N4S/c1-26-20-14-8-7-13-19(20)25-21(23-15-16-9-3-2-4-10-16)24-18-12-6-5-11-17(18)22/h7-8,13-14,16-18H,2-6,9-12,15,22H2,1H3,(H2,23,24,25)/t17-,18-/m0/s1. The number of para-hydroxylation sites is 1. The van der Waals surface area contributed by atoms with Crippen LogP contribution in [0.4, 0.5) is 5.69 Å². The van der Waals surface area contributed by atoms with E-state index in [0.29, 0.717) is 6.04 Å². The van der Waals surface area contributed by atoms with Crippen LogP contribution in [-0.2, 0) is 0 Å². The first-order chi connectivity index (χ1) is 12.8. The zero-order valence-corrected chi connectivity index (χ0v) is 16.9.